The molecule has 0 bridgehead atoms. The number of para-hydroxylation sites is 1. The van der Waals surface area contributed by atoms with Crippen LogP contribution in [0.5, 0.6) is 0 Å². The average molecular weight is 275 g/mol. The van der Waals surface area contributed by atoms with E-state index in [9.17, 15) is 9.59 Å². The molecule has 0 spiro atoms. The van der Waals surface area contributed by atoms with Gasteiger partial charge in [0, 0.05) is 12.1 Å². The Morgan fingerprint density at radius 2 is 1.95 bits per heavy atom. The predicted molar refractivity (Wildman–Crippen MR) is 78.7 cm³/mol. The fraction of sp³-hybridized carbons (Fsp3) is 0.467. The summed E-state index contributed by atoms with van der Waals surface area (Å²) in [6.45, 7) is 4.19. The van der Waals surface area contributed by atoms with Crippen molar-refractivity contribution in [1.29, 1.82) is 0 Å². The molecule has 2 amide bonds. The smallest absolute Gasteiger partial charge is 0.253 e. The monoisotopic (exact) mass is 275 g/mol. The van der Waals surface area contributed by atoms with Crippen molar-refractivity contribution in [3.05, 3.63) is 29.8 Å². The Balaban J connectivity index is 1.99. The molecule has 108 valence electrons. The molecule has 1 fully saturated rings. The summed E-state index contributed by atoms with van der Waals surface area (Å²) in [4.78, 5) is 23.9. The van der Waals surface area contributed by atoms with Crippen LogP contribution in [0.1, 0.15) is 37.0 Å². The zero-order valence-electron chi connectivity index (χ0n) is 11.9. The predicted octanol–water partition coefficient (Wildman–Crippen LogP) is 1.52. The minimum absolute atomic E-state index is 0.125. The highest BCUT2D eigenvalue weighted by molar-refractivity contribution is 6.04. The summed E-state index contributed by atoms with van der Waals surface area (Å²) in [5, 5.41) is 8.75. The summed E-state index contributed by atoms with van der Waals surface area (Å²) in [5.74, 6) is -0.273. The van der Waals surface area contributed by atoms with E-state index in [0.717, 1.165) is 12.8 Å². The molecule has 1 aliphatic rings. The Kier molecular flexibility index (Phi) is 4.74. The van der Waals surface area contributed by atoms with E-state index in [1.807, 2.05) is 13.8 Å². The Bertz CT molecular complexity index is 496. The third-order valence-electron chi connectivity index (χ3n) is 3.03. The first-order valence-electron chi connectivity index (χ1n) is 6.99. The third kappa shape index (κ3) is 4.35. The van der Waals surface area contributed by atoms with Crippen LogP contribution < -0.4 is 16.0 Å². The number of nitrogens with one attached hydrogen (secondary N) is 3. The number of anilines is 1. The molecule has 1 aliphatic carbocycles. The lowest BCUT2D eigenvalue weighted by molar-refractivity contribution is -0.115. The second-order valence-electron chi connectivity index (χ2n) is 5.38. The van der Waals surface area contributed by atoms with Crippen LogP contribution >= 0.6 is 0 Å². The van der Waals surface area contributed by atoms with Crippen LogP contribution in [0.4, 0.5) is 5.69 Å². The molecule has 1 aromatic carbocycles. The van der Waals surface area contributed by atoms with Crippen LogP contribution in [-0.4, -0.2) is 30.4 Å². The maximum absolute atomic E-state index is 12.1. The largest absolute Gasteiger partial charge is 0.349 e. The molecule has 3 N–H and O–H groups in total. The van der Waals surface area contributed by atoms with E-state index in [-0.39, 0.29) is 24.4 Å². The molecule has 0 aromatic heterocycles. The molecule has 20 heavy (non-hydrogen) atoms. The minimum Gasteiger partial charge on any atom is -0.349 e. The van der Waals surface area contributed by atoms with E-state index in [0.29, 0.717) is 17.3 Å². The maximum atomic E-state index is 12.1. The first kappa shape index (κ1) is 14.5. The van der Waals surface area contributed by atoms with Gasteiger partial charge in [-0.2, -0.15) is 0 Å². The lowest BCUT2D eigenvalue weighted by atomic mass is 10.1. The van der Waals surface area contributed by atoms with Crippen molar-refractivity contribution in [1.82, 2.24) is 10.6 Å². The van der Waals surface area contributed by atoms with Crippen molar-refractivity contribution in [2.45, 2.75) is 38.8 Å². The molecule has 0 unspecified atom stereocenters. The van der Waals surface area contributed by atoms with Gasteiger partial charge in [-0.25, -0.2) is 0 Å². The summed E-state index contributed by atoms with van der Waals surface area (Å²) in [5.41, 5.74) is 1.07. The highest BCUT2D eigenvalue weighted by atomic mass is 16.2. The molecule has 0 radical (unpaired) electrons. The Hall–Kier alpha value is -1.88. The van der Waals surface area contributed by atoms with Gasteiger partial charge in [0.05, 0.1) is 17.8 Å². The summed E-state index contributed by atoms with van der Waals surface area (Å²) in [7, 11) is 0. The average Bonchev–Trinajstić information content (AvgIpc) is 3.21. The van der Waals surface area contributed by atoms with Gasteiger partial charge in [-0.1, -0.05) is 26.0 Å². The SMILES string of the molecule is CC(C)NCC(=O)Nc1ccccc1C(=O)NC1CC1. The number of amides is 2. The summed E-state index contributed by atoms with van der Waals surface area (Å²) >= 11 is 0. The Labute approximate surface area is 119 Å². The highest BCUT2D eigenvalue weighted by Crippen LogP contribution is 2.21. The lowest BCUT2D eigenvalue weighted by Gasteiger charge is -2.12. The zero-order valence-corrected chi connectivity index (χ0v) is 11.9. The fourth-order valence-electron chi connectivity index (χ4n) is 1.77. The first-order chi connectivity index (χ1) is 9.56. The molecule has 0 atom stereocenters. The summed E-state index contributed by atoms with van der Waals surface area (Å²) in [6, 6.07) is 7.62. The molecule has 0 aliphatic heterocycles. The van der Waals surface area contributed by atoms with Crippen molar-refractivity contribution in [2.75, 3.05) is 11.9 Å². The fourth-order valence-corrected chi connectivity index (χ4v) is 1.77. The van der Waals surface area contributed by atoms with Crippen molar-refractivity contribution < 1.29 is 9.59 Å². The van der Waals surface area contributed by atoms with Crippen molar-refractivity contribution in [2.24, 2.45) is 0 Å². The Morgan fingerprint density at radius 1 is 1.25 bits per heavy atom. The Morgan fingerprint density at radius 3 is 2.60 bits per heavy atom. The molecule has 1 saturated carbocycles. The van der Waals surface area contributed by atoms with Gasteiger partial charge in [-0.3, -0.25) is 9.59 Å². The van der Waals surface area contributed by atoms with Gasteiger partial charge < -0.3 is 16.0 Å². The summed E-state index contributed by atoms with van der Waals surface area (Å²) < 4.78 is 0. The lowest BCUT2D eigenvalue weighted by Crippen LogP contribution is -2.33. The number of hydrogen-bond acceptors (Lipinski definition) is 3. The van der Waals surface area contributed by atoms with Gasteiger partial charge in [0.15, 0.2) is 0 Å². The molecule has 1 aromatic rings. The molecular formula is C15H21N3O2. The summed E-state index contributed by atoms with van der Waals surface area (Å²) in [6.07, 6.45) is 2.08. The van der Waals surface area contributed by atoms with Gasteiger partial charge in [-0.15, -0.1) is 0 Å². The van der Waals surface area contributed by atoms with Gasteiger partial charge >= 0.3 is 0 Å². The van der Waals surface area contributed by atoms with Crippen LogP contribution in [0.2, 0.25) is 0 Å². The van der Waals surface area contributed by atoms with Crippen LogP contribution in [0.25, 0.3) is 0 Å². The van der Waals surface area contributed by atoms with E-state index in [1.165, 1.54) is 0 Å². The van der Waals surface area contributed by atoms with Crippen LogP contribution in [0.3, 0.4) is 0 Å². The van der Waals surface area contributed by atoms with Crippen molar-refractivity contribution in [3.8, 4) is 0 Å². The van der Waals surface area contributed by atoms with Gasteiger partial charge in [0.1, 0.15) is 0 Å². The van der Waals surface area contributed by atoms with E-state index in [2.05, 4.69) is 16.0 Å². The number of carbonyl (C=O) groups is 2. The molecule has 0 heterocycles. The number of carbonyl (C=O) groups excluding carboxylic acids is 2. The number of hydrogen-bond donors (Lipinski definition) is 3. The second-order valence-corrected chi connectivity index (χ2v) is 5.38. The van der Waals surface area contributed by atoms with Crippen molar-refractivity contribution >= 4 is 17.5 Å². The second kappa shape index (κ2) is 6.52. The third-order valence-corrected chi connectivity index (χ3v) is 3.03. The molecule has 5 nitrogen and oxygen atoms in total. The van der Waals surface area contributed by atoms with Gasteiger partial charge in [-0.05, 0) is 25.0 Å². The minimum atomic E-state index is -0.148. The van der Waals surface area contributed by atoms with Crippen molar-refractivity contribution in [3.63, 3.8) is 0 Å². The molecule has 2 rings (SSSR count). The van der Waals surface area contributed by atoms with Crippen LogP contribution in [0, 0.1) is 0 Å². The molecule has 5 heteroatoms. The zero-order chi connectivity index (χ0) is 14.5. The number of rotatable bonds is 6. The van der Waals surface area contributed by atoms with E-state index in [1.54, 1.807) is 24.3 Å². The number of benzene rings is 1. The van der Waals surface area contributed by atoms with Gasteiger partial charge in [0.2, 0.25) is 5.91 Å². The standard InChI is InChI=1S/C15H21N3O2/c1-10(2)16-9-14(19)18-13-6-4-3-5-12(13)15(20)17-11-7-8-11/h3-6,10-11,16H,7-9H2,1-2H3,(H,17,20)(H,18,19). The van der Waals surface area contributed by atoms with Crippen LogP contribution in [0.15, 0.2) is 24.3 Å². The topological polar surface area (TPSA) is 70.2 Å². The van der Waals surface area contributed by atoms with Gasteiger partial charge in [0.25, 0.3) is 5.91 Å². The van der Waals surface area contributed by atoms with Crippen LogP contribution in [-0.2, 0) is 4.79 Å². The molecular weight excluding hydrogens is 254 g/mol. The van der Waals surface area contributed by atoms with E-state index in [4.69, 9.17) is 0 Å². The quantitative estimate of drug-likeness (QED) is 0.737. The maximum Gasteiger partial charge on any atom is 0.253 e. The molecule has 0 saturated heterocycles. The van der Waals surface area contributed by atoms with E-state index >= 15 is 0 Å². The normalized spacial score (nSPS) is 14.2. The highest BCUT2D eigenvalue weighted by Gasteiger charge is 2.24. The first-order valence-corrected chi connectivity index (χ1v) is 6.99. The van der Waals surface area contributed by atoms with E-state index < -0.39 is 0 Å².